The first-order valence-electron chi connectivity index (χ1n) is 12.7. The van der Waals surface area contributed by atoms with Crippen LogP contribution in [0, 0.1) is 0 Å². The molecule has 2 aromatic heterocycles. The highest BCUT2D eigenvalue weighted by atomic mass is 16.5. The van der Waals surface area contributed by atoms with Crippen LogP contribution in [0.5, 0.6) is 0 Å². The predicted molar refractivity (Wildman–Crippen MR) is 144 cm³/mol. The second-order valence-corrected chi connectivity index (χ2v) is 9.17. The van der Waals surface area contributed by atoms with Crippen LogP contribution in [0.4, 0.5) is 10.6 Å². The van der Waals surface area contributed by atoms with Crippen LogP contribution in [0.25, 0.3) is 21.7 Å². The molecule has 1 fully saturated rings. The number of fused-ring (bicyclic) bond motifs is 3. The van der Waals surface area contributed by atoms with E-state index in [0.717, 1.165) is 59.0 Å². The van der Waals surface area contributed by atoms with Crippen molar-refractivity contribution in [3.63, 3.8) is 0 Å². The van der Waals surface area contributed by atoms with Crippen molar-refractivity contribution in [1.82, 2.24) is 15.3 Å². The number of alkyl carbamates (subject to hydrolysis) is 1. The molecule has 1 saturated heterocycles. The molecule has 1 N–H and O–H groups in total. The molecule has 5 rings (SSSR count). The molecule has 0 saturated carbocycles. The zero-order valence-electron chi connectivity index (χ0n) is 21.3. The number of carbonyl (C=O) groups is 2. The number of nitrogens with one attached hydrogen (secondary N) is 1. The highest BCUT2D eigenvalue weighted by Gasteiger charge is 2.30. The van der Waals surface area contributed by atoms with E-state index in [1.165, 1.54) is 7.11 Å². The predicted octanol–water partition coefficient (Wildman–Crippen LogP) is 4.48. The summed E-state index contributed by atoms with van der Waals surface area (Å²) in [5.74, 6) is 0.466. The summed E-state index contributed by atoms with van der Waals surface area (Å²) in [6.45, 7) is 2.89. The monoisotopic (exact) mass is 514 g/mol. The van der Waals surface area contributed by atoms with Crippen LogP contribution in [-0.4, -0.2) is 61.5 Å². The van der Waals surface area contributed by atoms with Gasteiger partial charge in [-0.2, -0.15) is 0 Å². The van der Waals surface area contributed by atoms with Crippen molar-refractivity contribution in [2.75, 3.05) is 38.3 Å². The first-order chi connectivity index (χ1) is 18.6. The van der Waals surface area contributed by atoms with Gasteiger partial charge in [0.05, 0.1) is 24.3 Å². The van der Waals surface area contributed by atoms with Crippen LogP contribution >= 0.6 is 0 Å². The van der Waals surface area contributed by atoms with E-state index in [2.05, 4.69) is 15.2 Å². The van der Waals surface area contributed by atoms with Crippen LogP contribution in [0.2, 0.25) is 0 Å². The molecule has 38 heavy (non-hydrogen) atoms. The van der Waals surface area contributed by atoms with E-state index in [4.69, 9.17) is 19.2 Å². The van der Waals surface area contributed by atoms with Crippen LogP contribution in [-0.2, 0) is 20.8 Å². The molecular weight excluding hydrogens is 484 g/mol. The summed E-state index contributed by atoms with van der Waals surface area (Å²) in [7, 11) is 1.37. The number of pyridine rings is 2. The third-order valence-corrected chi connectivity index (χ3v) is 6.55. The van der Waals surface area contributed by atoms with Gasteiger partial charge in [0.2, 0.25) is 0 Å². The molecule has 3 heterocycles. The molecule has 4 aromatic rings. The molecular formula is C29H30N4O5. The molecule has 1 amide bonds. The maximum atomic E-state index is 12.0. The molecule has 9 heteroatoms. The molecule has 0 radical (unpaired) electrons. The number of esters is 1. The summed E-state index contributed by atoms with van der Waals surface area (Å²) >= 11 is 0. The highest BCUT2D eigenvalue weighted by Crippen LogP contribution is 2.33. The number of methoxy groups -OCH3 is 1. The van der Waals surface area contributed by atoms with Gasteiger partial charge in [-0.15, -0.1) is 0 Å². The average Bonchev–Trinajstić information content (AvgIpc) is 2.94. The number of nitrogens with zero attached hydrogens (tertiary/aromatic N) is 3. The van der Waals surface area contributed by atoms with Gasteiger partial charge in [-0.05, 0) is 36.6 Å². The fraction of sp³-hybridized carbons (Fsp3) is 0.310. The Hall–Kier alpha value is -4.24. The van der Waals surface area contributed by atoms with Crippen molar-refractivity contribution in [2.24, 2.45) is 0 Å². The lowest BCUT2D eigenvalue weighted by atomic mass is 10.0. The number of carbonyl (C=O) groups excluding carboxylic acids is 2. The van der Waals surface area contributed by atoms with Gasteiger partial charge in [0.25, 0.3) is 0 Å². The van der Waals surface area contributed by atoms with Gasteiger partial charge in [0.15, 0.2) is 0 Å². The van der Waals surface area contributed by atoms with Gasteiger partial charge >= 0.3 is 12.1 Å². The number of hydrogen-bond acceptors (Lipinski definition) is 8. The van der Waals surface area contributed by atoms with Gasteiger partial charge in [0.1, 0.15) is 12.4 Å². The molecule has 0 bridgehead atoms. The molecule has 1 aliphatic heterocycles. The lowest BCUT2D eigenvalue weighted by molar-refractivity contribution is 0.0320. The molecule has 0 aliphatic carbocycles. The van der Waals surface area contributed by atoms with Crippen LogP contribution < -0.4 is 10.2 Å². The molecule has 0 unspecified atom stereocenters. The van der Waals surface area contributed by atoms with Crippen LogP contribution in [0.1, 0.15) is 28.8 Å². The number of ether oxygens (including phenoxy) is 3. The number of aromatic nitrogens is 2. The number of hydrogen-bond donors (Lipinski definition) is 1. The highest BCUT2D eigenvalue weighted by molar-refractivity contribution is 6.11. The Morgan fingerprint density at radius 3 is 2.68 bits per heavy atom. The van der Waals surface area contributed by atoms with Crippen LogP contribution in [0.3, 0.4) is 0 Å². The van der Waals surface area contributed by atoms with Crippen molar-refractivity contribution in [1.29, 1.82) is 0 Å². The maximum absolute atomic E-state index is 12.0. The van der Waals surface area contributed by atoms with Crippen molar-refractivity contribution in [2.45, 2.75) is 25.6 Å². The number of anilines is 1. The Morgan fingerprint density at radius 2 is 1.87 bits per heavy atom. The summed E-state index contributed by atoms with van der Waals surface area (Å²) in [5.41, 5.74) is 2.15. The van der Waals surface area contributed by atoms with E-state index < -0.39 is 12.1 Å². The standard InChI is InChI=1S/C29H30N4O5/c1-36-28(34)21-9-10-23-25-16-30-13-11-24(25)27(32-26(23)15-21)33-17-22(18-33)37-14-6-5-12-31-29(35)38-19-20-7-3-2-4-8-20/h2-4,7-11,13,15-16,22H,5-6,12,14,17-19H2,1H3,(H,31,35). The summed E-state index contributed by atoms with van der Waals surface area (Å²) in [4.78, 5) is 35.2. The first-order valence-corrected chi connectivity index (χ1v) is 12.7. The van der Waals surface area contributed by atoms with Crippen molar-refractivity contribution in [3.05, 3.63) is 78.1 Å². The van der Waals surface area contributed by atoms with E-state index in [-0.39, 0.29) is 12.7 Å². The number of rotatable bonds is 10. The molecule has 0 atom stereocenters. The third-order valence-electron chi connectivity index (χ3n) is 6.55. The average molecular weight is 515 g/mol. The zero-order chi connectivity index (χ0) is 26.3. The quantitative estimate of drug-likeness (QED) is 0.188. The molecule has 196 valence electrons. The Morgan fingerprint density at radius 1 is 1.03 bits per heavy atom. The van der Waals surface area contributed by atoms with E-state index >= 15 is 0 Å². The maximum Gasteiger partial charge on any atom is 0.407 e. The Labute approximate surface area is 220 Å². The lowest BCUT2D eigenvalue weighted by Crippen LogP contribution is -2.52. The molecule has 2 aromatic carbocycles. The second-order valence-electron chi connectivity index (χ2n) is 9.17. The minimum atomic E-state index is -0.409. The topological polar surface area (TPSA) is 103 Å². The minimum Gasteiger partial charge on any atom is -0.465 e. The fourth-order valence-electron chi connectivity index (χ4n) is 4.47. The largest absolute Gasteiger partial charge is 0.465 e. The van der Waals surface area contributed by atoms with Gasteiger partial charge in [0, 0.05) is 54.8 Å². The van der Waals surface area contributed by atoms with Crippen molar-refractivity contribution in [3.8, 4) is 0 Å². The van der Waals surface area contributed by atoms with Gasteiger partial charge in [-0.25, -0.2) is 14.6 Å². The van der Waals surface area contributed by atoms with Crippen molar-refractivity contribution >= 4 is 39.6 Å². The van der Waals surface area contributed by atoms with Crippen LogP contribution in [0.15, 0.2) is 67.0 Å². The Kier molecular flexibility index (Phi) is 7.94. The van der Waals surface area contributed by atoms with E-state index in [9.17, 15) is 9.59 Å². The Balaban J connectivity index is 1.08. The normalized spacial score (nSPS) is 13.3. The van der Waals surface area contributed by atoms with E-state index in [0.29, 0.717) is 18.7 Å². The van der Waals surface area contributed by atoms with E-state index in [1.807, 2.05) is 48.7 Å². The Bertz CT molecular complexity index is 1420. The third kappa shape index (κ3) is 5.84. The van der Waals surface area contributed by atoms with Gasteiger partial charge < -0.3 is 24.4 Å². The number of unbranched alkanes of at least 4 members (excludes halogenated alkanes) is 1. The fourth-order valence-corrected chi connectivity index (χ4v) is 4.47. The van der Waals surface area contributed by atoms with Gasteiger partial charge in [-0.3, -0.25) is 4.98 Å². The molecule has 0 spiro atoms. The summed E-state index contributed by atoms with van der Waals surface area (Å²) < 4.78 is 16.1. The SMILES string of the molecule is COC(=O)c1ccc2c(c1)nc(N1CC(OCCCCNC(=O)OCc3ccccc3)C1)c1ccncc12. The summed E-state index contributed by atoms with van der Waals surface area (Å²) in [6, 6.07) is 17.0. The molecule has 9 nitrogen and oxygen atoms in total. The molecule has 1 aliphatic rings. The summed E-state index contributed by atoms with van der Waals surface area (Å²) in [5, 5.41) is 5.72. The smallest absolute Gasteiger partial charge is 0.407 e. The minimum absolute atomic E-state index is 0.120. The second kappa shape index (κ2) is 11.9. The lowest BCUT2D eigenvalue weighted by Gasteiger charge is -2.40. The number of amides is 1. The van der Waals surface area contributed by atoms with Crippen molar-refractivity contribution < 1.29 is 23.8 Å². The van der Waals surface area contributed by atoms with Gasteiger partial charge in [-0.1, -0.05) is 36.4 Å². The van der Waals surface area contributed by atoms with E-state index in [1.54, 1.807) is 18.3 Å². The zero-order valence-corrected chi connectivity index (χ0v) is 21.3. The summed E-state index contributed by atoms with van der Waals surface area (Å²) in [6.07, 6.45) is 4.96. The number of benzene rings is 2. The first kappa shape index (κ1) is 25.4.